The lowest BCUT2D eigenvalue weighted by molar-refractivity contribution is -0.138. The number of nitrogens with zero attached hydrogens (tertiary/aromatic N) is 3. The van der Waals surface area contributed by atoms with E-state index in [9.17, 15) is 36.3 Å². The number of carbonyl (C=O) groups is 3. The van der Waals surface area contributed by atoms with Crippen LogP contribution in [-0.4, -0.2) is 82.9 Å². The van der Waals surface area contributed by atoms with E-state index >= 15 is 0 Å². The van der Waals surface area contributed by atoms with Gasteiger partial charge in [-0.05, 0) is 23.1 Å². The van der Waals surface area contributed by atoms with Gasteiger partial charge in [0.1, 0.15) is 12.2 Å². The Kier molecular flexibility index (Phi) is 7.40. The van der Waals surface area contributed by atoms with E-state index in [0.29, 0.717) is 16.8 Å². The van der Waals surface area contributed by atoms with Crippen molar-refractivity contribution in [1.82, 2.24) is 25.4 Å². The number of halogens is 5. The van der Waals surface area contributed by atoms with Crippen LogP contribution in [0, 0.1) is 0 Å². The van der Waals surface area contributed by atoms with Crippen LogP contribution >= 0.6 is 0 Å². The van der Waals surface area contributed by atoms with Crippen molar-refractivity contribution in [1.29, 1.82) is 0 Å². The standard InChI is InChI=1S/C27H28F5N5O3/c28-19-8-21(37(13-19)22(38)12-34-25(40)36-14-27(31,32)15-36)24(39)35-23(16-4-2-1-3-5-16)20-7-6-17(11-33-20)18-9-26(29,30)10-18/h1-7,11,18-19,21,23H,8-10,12-15H2,(H,34,40)(H,35,39)/t19-,21+,23+/m1/s1. The molecule has 2 saturated heterocycles. The minimum absolute atomic E-state index is 0.242. The molecule has 0 spiro atoms. The Morgan fingerprint density at radius 2 is 1.70 bits per heavy atom. The molecule has 3 aliphatic rings. The van der Waals surface area contributed by atoms with E-state index in [-0.39, 0.29) is 31.7 Å². The number of pyridine rings is 1. The number of amides is 4. The highest BCUT2D eigenvalue weighted by Gasteiger charge is 2.47. The van der Waals surface area contributed by atoms with Gasteiger partial charge in [-0.25, -0.2) is 26.7 Å². The first kappa shape index (κ1) is 27.8. The Morgan fingerprint density at radius 1 is 1.00 bits per heavy atom. The topological polar surface area (TPSA) is 94.6 Å². The molecular weight excluding hydrogens is 537 g/mol. The Bertz CT molecular complexity index is 1250. The maximum Gasteiger partial charge on any atom is 0.318 e. The lowest BCUT2D eigenvalue weighted by Gasteiger charge is -2.38. The van der Waals surface area contributed by atoms with Crippen molar-refractivity contribution in [2.75, 3.05) is 26.2 Å². The van der Waals surface area contributed by atoms with Crippen molar-refractivity contribution in [3.05, 3.63) is 65.5 Å². The lowest BCUT2D eigenvalue weighted by Crippen LogP contribution is -2.61. The smallest absolute Gasteiger partial charge is 0.318 e. The summed E-state index contributed by atoms with van der Waals surface area (Å²) in [6.07, 6.45) is -0.704. The fourth-order valence-electron chi connectivity index (χ4n) is 5.27. The van der Waals surface area contributed by atoms with Gasteiger partial charge in [-0.2, -0.15) is 0 Å². The van der Waals surface area contributed by atoms with Gasteiger partial charge in [-0.3, -0.25) is 14.6 Å². The summed E-state index contributed by atoms with van der Waals surface area (Å²) in [4.78, 5) is 44.5. The summed E-state index contributed by atoms with van der Waals surface area (Å²) >= 11 is 0. The largest absolute Gasteiger partial charge is 0.342 e. The van der Waals surface area contributed by atoms with Gasteiger partial charge >= 0.3 is 6.03 Å². The summed E-state index contributed by atoms with van der Waals surface area (Å²) in [5.41, 5.74) is 1.77. The maximum atomic E-state index is 14.4. The number of carbonyl (C=O) groups excluding carboxylic acids is 3. The molecule has 8 nitrogen and oxygen atoms in total. The second-order valence-electron chi connectivity index (χ2n) is 10.6. The van der Waals surface area contributed by atoms with Crippen LogP contribution in [0.1, 0.15) is 48.0 Å². The third-order valence-corrected chi connectivity index (χ3v) is 7.48. The molecule has 2 N–H and O–H groups in total. The minimum atomic E-state index is -2.96. The Morgan fingerprint density at radius 3 is 2.30 bits per heavy atom. The fourth-order valence-corrected chi connectivity index (χ4v) is 5.27. The predicted octanol–water partition coefficient (Wildman–Crippen LogP) is 3.40. The summed E-state index contributed by atoms with van der Waals surface area (Å²) in [6.45, 7) is -2.44. The van der Waals surface area contributed by atoms with E-state index in [0.717, 1.165) is 9.80 Å². The molecule has 5 rings (SSSR count). The van der Waals surface area contributed by atoms with Gasteiger partial charge in [0.15, 0.2) is 0 Å². The molecule has 1 aliphatic carbocycles. The number of alkyl halides is 5. The highest BCUT2D eigenvalue weighted by atomic mass is 19.3. The van der Waals surface area contributed by atoms with Crippen LogP contribution < -0.4 is 10.6 Å². The molecule has 2 aliphatic heterocycles. The van der Waals surface area contributed by atoms with Gasteiger partial charge in [0.25, 0.3) is 5.92 Å². The van der Waals surface area contributed by atoms with Crippen molar-refractivity contribution in [3.63, 3.8) is 0 Å². The molecule has 214 valence electrons. The molecular formula is C27H28F5N5O3. The molecule has 3 atom stereocenters. The number of nitrogens with one attached hydrogen (secondary N) is 2. The number of hydrogen-bond acceptors (Lipinski definition) is 4. The number of aromatic nitrogens is 1. The van der Waals surface area contributed by atoms with Crippen LogP contribution in [0.25, 0.3) is 0 Å². The molecule has 40 heavy (non-hydrogen) atoms. The molecule has 3 fully saturated rings. The Labute approximate surface area is 226 Å². The van der Waals surface area contributed by atoms with Gasteiger partial charge in [0.2, 0.25) is 17.7 Å². The van der Waals surface area contributed by atoms with Gasteiger partial charge < -0.3 is 20.4 Å². The van der Waals surface area contributed by atoms with E-state index in [1.165, 1.54) is 6.20 Å². The number of likely N-dealkylation sites (tertiary alicyclic amines) is 2. The van der Waals surface area contributed by atoms with E-state index in [4.69, 9.17) is 0 Å². The molecule has 4 amide bonds. The zero-order valence-corrected chi connectivity index (χ0v) is 21.3. The predicted molar refractivity (Wildman–Crippen MR) is 133 cm³/mol. The van der Waals surface area contributed by atoms with E-state index in [1.807, 2.05) is 0 Å². The van der Waals surface area contributed by atoms with Crippen LogP contribution in [0.2, 0.25) is 0 Å². The number of urea groups is 1. The van der Waals surface area contributed by atoms with Crippen LogP contribution in [0.3, 0.4) is 0 Å². The normalized spacial score (nSPS) is 24.0. The first-order valence-corrected chi connectivity index (χ1v) is 12.9. The molecule has 1 aromatic carbocycles. The van der Waals surface area contributed by atoms with Gasteiger partial charge in [-0.1, -0.05) is 36.4 Å². The molecule has 0 bridgehead atoms. The Hall–Kier alpha value is -3.77. The van der Waals surface area contributed by atoms with Gasteiger partial charge in [0.05, 0.1) is 37.9 Å². The highest BCUT2D eigenvalue weighted by molar-refractivity contribution is 5.91. The van der Waals surface area contributed by atoms with Crippen LogP contribution in [0.4, 0.5) is 26.7 Å². The average molecular weight is 566 g/mol. The summed E-state index contributed by atoms with van der Waals surface area (Å²) in [5, 5.41) is 5.08. The number of benzene rings is 1. The van der Waals surface area contributed by atoms with Crippen molar-refractivity contribution in [2.24, 2.45) is 0 Å². The first-order chi connectivity index (χ1) is 18.9. The quantitative estimate of drug-likeness (QED) is 0.504. The van der Waals surface area contributed by atoms with Crippen molar-refractivity contribution in [3.8, 4) is 0 Å². The molecule has 13 heteroatoms. The van der Waals surface area contributed by atoms with Crippen LogP contribution in [0.15, 0.2) is 48.7 Å². The number of hydrogen-bond donors (Lipinski definition) is 2. The molecule has 0 radical (unpaired) electrons. The lowest BCUT2D eigenvalue weighted by atomic mass is 9.77. The second kappa shape index (κ2) is 10.7. The van der Waals surface area contributed by atoms with Crippen molar-refractivity contribution < 1.29 is 36.3 Å². The van der Waals surface area contributed by atoms with Crippen LogP contribution in [-0.2, 0) is 9.59 Å². The molecule has 2 aromatic rings. The third kappa shape index (κ3) is 6.02. The second-order valence-corrected chi connectivity index (χ2v) is 10.6. The fraction of sp³-hybridized carbons (Fsp3) is 0.481. The van der Waals surface area contributed by atoms with Crippen LogP contribution in [0.5, 0.6) is 0 Å². The SMILES string of the molecule is O=C(N[C@@H](c1ccccc1)c1ccc(C2CC(F)(F)C2)cn1)[C@@H]1C[C@@H](F)CN1C(=O)CNC(=O)N1CC(F)(F)C1. The molecule has 3 heterocycles. The first-order valence-electron chi connectivity index (χ1n) is 12.9. The summed E-state index contributed by atoms with van der Waals surface area (Å²) in [5.74, 6) is -7.29. The monoisotopic (exact) mass is 565 g/mol. The molecule has 1 saturated carbocycles. The molecule has 1 aromatic heterocycles. The average Bonchev–Trinajstić information content (AvgIpc) is 3.29. The third-order valence-electron chi connectivity index (χ3n) is 7.48. The van der Waals surface area contributed by atoms with Crippen molar-refractivity contribution >= 4 is 17.8 Å². The van der Waals surface area contributed by atoms with E-state index < -0.39 is 67.6 Å². The molecule has 0 unspecified atom stereocenters. The maximum absolute atomic E-state index is 14.4. The van der Waals surface area contributed by atoms with Gasteiger partial charge in [-0.15, -0.1) is 0 Å². The minimum Gasteiger partial charge on any atom is -0.342 e. The van der Waals surface area contributed by atoms with E-state index in [1.54, 1.807) is 42.5 Å². The van der Waals surface area contributed by atoms with Crippen molar-refractivity contribution in [2.45, 2.75) is 55.3 Å². The Balaban J connectivity index is 1.26. The highest BCUT2D eigenvalue weighted by Crippen LogP contribution is 2.48. The van der Waals surface area contributed by atoms with Gasteiger partial charge in [0, 0.05) is 25.5 Å². The summed E-state index contributed by atoms with van der Waals surface area (Å²) in [6, 6.07) is 9.39. The summed E-state index contributed by atoms with van der Waals surface area (Å²) < 4.78 is 67.0. The zero-order chi connectivity index (χ0) is 28.7. The number of rotatable bonds is 7. The zero-order valence-electron chi connectivity index (χ0n) is 21.3. The summed E-state index contributed by atoms with van der Waals surface area (Å²) in [7, 11) is 0. The van der Waals surface area contributed by atoms with E-state index in [2.05, 4.69) is 15.6 Å².